The van der Waals surface area contributed by atoms with E-state index in [1.54, 1.807) is 18.5 Å². The van der Waals surface area contributed by atoms with Gasteiger partial charge in [0.1, 0.15) is 12.1 Å². The van der Waals surface area contributed by atoms with Crippen LogP contribution in [0.3, 0.4) is 0 Å². The average molecular weight is 320 g/mol. The van der Waals surface area contributed by atoms with Crippen molar-refractivity contribution >= 4 is 28.3 Å². The molecule has 0 bridgehead atoms. The van der Waals surface area contributed by atoms with Crippen molar-refractivity contribution in [3.63, 3.8) is 0 Å². The number of benzene rings is 2. The highest BCUT2D eigenvalue weighted by Crippen LogP contribution is 2.22. The molecule has 0 spiro atoms. The smallest absolute Gasteiger partial charge is 0.251 e. The van der Waals surface area contributed by atoms with Gasteiger partial charge in [0.05, 0.1) is 5.52 Å². The van der Waals surface area contributed by atoms with Gasteiger partial charge in [-0.25, -0.2) is 9.97 Å². The molecule has 0 saturated carbocycles. The van der Waals surface area contributed by atoms with Gasteiger partial charge in [-0.2, -0.15) is 0 Å². The first-order valence-corrected chi connectivity index (χ1v) is 7.98. The lowest BCUT2D eigenvalue weighted by Crippen LogP contribution is -2.27. The molecule has 2 N–H and O–H groups in total. The number of fused-ring (bicyclic) bond motifs is 1. The fraction of sp³-hybridized carbons (Fsp3) is 0.211. The van der Waals surface area contributed by atoms with Gasteiger partial charge in [-0.05, 0) is 42.3 Å². The molecule has 0 saturated heterocycles. The number of aromatic nitrogens is 2. The van der Waals surface area contributed by atoms with Crippen LogP contribution in [0, 0.1) is 5.92 Å². The van der Waals surface area contributed by atoms with Crippen LogP contribution in [0.1, 0.15) is 24.2 Å². The molecule has 3 aromatic rings. The number of hydrogen-bond donors (Lipinski definition) is 2. The summed E-state index contributed by atoms with van der Waals surface area (Å²) in [5.41, 5.74) is 2.41. The first-order chi connectivity index (χ1) is 11.6. The maximum absolute atomic E-state index is 12.0. The number of nitrogens with one attached hydrogen (secondary N) is 2. The highest BCUT2D eigenvalue weighted by molar-refractivity contribution is 5.95. The van der Waals surface area contributed by atoms with Crippen molar-refractivity contribution in [2.75, 3.05) is 11.9 Å². The lowest BCUT2D eigenvalue weighted by atomic mass is 10.1. The number of para-hydroxylation sites is 1. The number of anilines is 2. The minimum atomic E-state index is -0.0530. The zero-order chi connectivity index (χ0) is 16.9. The molecule has 2 aromatic carbocycles. The Labute approximate surface area is 141 Å². The second kappa shape index (κ2) is 7.08. The van der Waals surface area contributed by atoms with Crippen LogP contribution in [0.2, 0.25) is 0 Å². The van der Waals surface area contributed by atoms with Crippen molar-refractivity contribution in [1.29, 1.82) is 0 Å². The van der Waals surface area contributed by atoms with Crippen LogP contribution in [-0.4, -0.2) is 22.4 Å². The van der Waals surface area contributed by atoms with Crippen LogP contribution in [0.15, 0.2) is 54.9 Å². The van der Waals surface area contributed by atoms with Gasteiger partial charge in [-0.15, -0.1) is 0 Å². The monoisotopic (exact) mass is 320 g/mol. The molecule has 0 atom stereocenters. The zero-order valence-electron chi connectivity index (χ0n) is 13.8. The number of amides is 1. The summed E-state index contributed by atoms with van der Waals surface area (Å²) in [7, 11) is 0. The van der Waals surface area contributed by atoms with Crippen LogP contribution < -0.4 is 10.6 Å². The van der Waals surface area contributed by atoms with E-state index < -0.39 is 0 Å². The summed E-state index contributed by atoms with van der Waals surface area (Å²) >= 11 is 0. The summed E-state index contributed by atoms with van der Waals surface area (Å²) < 4.78 is 0. The Kier molecular flexibility index (Phi) is 4.70. The van der Waals surface area contributed by atoms with Gasteiger partial charge >= 0.3 is 0 Å². The summed E-state index contributed by atoms with van der Waals surface area (Å²) in [5.74, 6) is 1.13. The number of rotatable bonds is 5. The number of carbonyl (C=O) groups excluding carboxylic acids is 1. The summed E-state index contributed by atoms with van der Waals surface area (Å²) in [4.78, 5) is 20.6. The largest absolute Gasteiger partial charge is 0.352 e. The molecule has 122 valence electrons. The summed E-state index contributed by atoms with van der Waals surface area (Å²) in [6.45, 7) is 4.81. The van der Waals surface area contributed by atoms with Crippen LogP contribution in [-0.2, 0) is 0 Å². The molecule has 1 amide bonds. The van der Waals surface area contributed by atoms with E-state index in [9.17, 15) is 4.79 Å². The Bertz CT molecular complexity index is 838. The lowest BCUT2D eigenvalue weighted by molar-refractivity contribution is 0.0949. The second-order valence-electron chi connectivity index (χ2n) is 6.05. The third kappa shape index (κ3) is 3.68. The Balaban J connectivity index is 1.75. The van der Waals surface area contributed by atoms with Crippen molar-refractivity contribution in [2.24, 2.45) is 5.92 Å². The van der Waals surface area contributed by atoms with Gasteiger partial charge in [0.25, 0.3) is 5.91 Å². The van der Waals surface area contributed by atoms with Gasteiger partial charge in [-0.3, -0.25) is 4.79 Å². The van der Waals surface area contributed by atoms with Gasteiger partial charge in [0, 0.05) is 23.2 Å². The summed E-state index contributed by atoms with van der Waals surface area (Å²) in [6.07, 6.45) is 1.54. The second-order valence-corrected chi connectivity index (χ2v) is 6.05. The Morgan fingerprint density at radius 1 is 1.04 bits per heavy atom. The molecule has 5 nitrogen and oxygen atoms in total. The highest BCUT2D eigenvalue weighted by Gasteiger charge is 2.07. The fourth-order valence-corrected chi connectivity index (χ4v) is 2.34. The predicted molar refractivity (Wildman–Crippen MR) is 96.4 cm³/mol. The van der Waals surface area contributed by atoms with Gasteiger partial charge < -0.3 is 10.6 Å². The van der Waals surface area contributed by atoms with E-state index in [1.807, 2.05) is 36.4 Å². The Morgan fingerprint density at radius 2 is 1.79 bits per heavy atom. The maximum atomic E-state index is 12.0. The molecule has 0 aliphatic carbocycles. The molecule has 1 heterocycles. The number of nitrogens with zero attached hydrogens (tertiary/aromatic N) is 2. The van der Waals surface area contributed by atoms with Crippen molar-refractivity contribution in [3.8, 4) is 0 Å². The van der Waals surface area contributed by atoms with Crippen molar-refractivity contribution in [3.05, 3.63) is 60.4 Å². The standard InChI is InChI=1S/C19H20N4O/c1-13(2)11-20-19(24)14-7-9-15(10-8-14)23-18-16-5-3-4-6-17(16)21-12-22-18/h3-10,12-13H,11H2,1-2H3,(H,20,24)(H,21,22,23). The highest BCUT2D eigenvalue weighted by atomic mass is 16.1. The van der Waals surface area contributed by atoms with Crippen LogP contribution in [0.5, 0.6) is 0 Å². The molecule has 3 rings (SSSR count). The van der Waals surface area contributed by atoms with Gasteiger partial charge in [0.2, 0.25) is 0 Å². The van der Waals surface area contributed by atoms with Crippen LogP contribution >= 0.6 is 0 Å². The summed E-state index contributed by atoms with van der Waals surface area (Å²) in [6, 6.07) is 15.2. The molecule has 5 heteroatoms. The minimum absolute atomic E-state index is 0.0530. The van der Waals surface area contributed by atoms with Crippen LogP contribution in [0.25, 0.3) is 10.9 Å². The van der Waals surface area contributed by atoms with E-state index in [0.717, 1.165) is 22.4 Å². The molecular formula is C19H20N4O. The predicted octanol–water partition coefficient (Wildman–Crippen LogP) is 3.76. The van der Waals surface area contributed by atoms with E-state index >= 15 is 0 Å². The fourth-order valence-electron chi connectivity index (χ4n) is 2.34. The lowest BCUT2D eigenvalue weighted by Gasteiger charge is -2.10. The molecule has 0 radical (unpaired) electrons. The zero-order valence-corrected chi connectivity index (χ0v) is 13.8. The molecule has 0 aliphatic heterocycles. The van der Waals surface area contributed by atoms with Crippen LogP contribution in [0.4, 0.5) is 11.5 Å². The molecule has 24 heavy (non-hydrogen) atoms. The van der Waals surface area contributed by atoms with E-state index in [4.69, 9.17) is 0 Å². The van der Waals surface area contributed by atoms with Gasteiger partial charge in [-0.1, -0.05) is 26.0 Å². The number of carbonyl (C=O) groups is 1. The third-order valence-electron chi connectivity index (χ3n) is 3.62. The quantitative estimate of drug-likeness (QED) is 0.751. The average Bonchev–Trinajstić information content (AvgIpc) is 2.60. The Morgan fingerprint density at radius 3 is 2.54 bits per heavy atom. The van der Waals surface area contributed by atoms with Gasteiger partial charge in [0.15, 0.2) is 0 Å². The Hall–Kier alpha value is -2.95. The molecule has 1 aromatic heterocycles. The van der Waals surface area contributed by atoms with Crippen molar-refractivity contribution in [1.82, 2.24) is 15.3 Å². The molecule has 0 aliphatic rings. The first-order valence-electron chi connectivity index (χ1n) is 7.98. The van der Waals surface area contributed by atoms with E-state index in [0.29, 0.717) is 18.0 Å². The topological polar surface area (TPSA) is 66.9 Å². The van der Waals surface area contributed by atoms with E-state index in [2.05, 4.69) is 34.4 Å². The maximum Gasteiger partial charge on any atom is 0.251 e. The molecular weight excluding hydrogens is 300 g/mol. The van der Waals surface area contributed by atoms with Crippen molar-refractivity contribution in [2.45, 2.75) is 13.8 Å². The van der Waals surface area contributed by atoms with E-state index in [1.165, 1.54) is 0 Å². The van der Waals surface area contributed by atoms with Crippen molar-refractivity contribution < 1.29 is 4.79 Å². The third-order valence-corrected chi connectivity index (χ3v) is 3.62. The molecule has 0 unspecified atom stereocenters. The SMILES string of the molecule is CC(C)CNC(=O)c1ccc(Nc2ncnc3ccccc23)cc1. The minimum Gasteiger partial charge on any atom is -0.352 e. The number of hydrogen-bond acceptors (Lipinski definition) is 4. The van der Waals surface area contributed by atoms with E-state index in [-0.39, 0.29) is 5.91 Å². The first kappa shape index (κ1) is 15.9. The summed E-state index contributed by atoms with van der Waals surface area (Å²) in [5, 5.41) is 7.15. The molecule has 0 fully saturated rings. The normalized spacial score (nSPS) is 10.8.